The lowest BCUT2D eigenvalue weighted by Gasteiger charge is -2.18. The third-order valence-electron chi connectivity index (χ3n) is 3.03. The maximum atomic E-state index is 10.5. The van der Waals surface area contributed by atoms with Crippen molar-refractivity contribution in [3.8, 4) is 0 Å². The van der Waals surface area contributed by atoms with E-state index in [-0.39, 0.29) is 6.42 Å². The van der Waals surface area contributed by atoms with Crippen molar-refractivity contribution in [3.05, 3.63) is 35.4 Å². The molecule has 100 valence electrons. The number of nitrogens with one attached hydrogen (secondary N) is 1. The molecule has 1 aromatic carbocycles. The Bertz CT molecular complexity index is 353. The number of carbonyl (C=O) groups excluding carboxylic acids is 1. The molecule has 0 saturated carbocycles. The van der Waals surface area contributed by atoms with Crippen LogP contribution in [0.2, 0.25) is 0 Å². The van der Waals surface area contributed by atoms with Crippen LogP contribution in [-0.4, -0.2) is 19.1 Å². The molecule has 1 rings (SSSR count). The van der Waals surface area contributed by atoms with E-state index in [0.29, 0.717) is 0 Å². The van der Waals surface area contributed by atoms with Crippen LogP contribution in [0, 0.1) is 0 Å². The van der Waals surface area contributed by atoms with Crippen molar-refractivity contribution in [2.45, 2.75) is 39.7 Å². The molecule has 0 spiro atoms. The van der Waals surface area contributed by atoms with Gasteiger partial charge in [0.1, 0.15) is 6.54 Å². The topological polar surface area (TPSA) is 44.6 Å². The van der Waals surface area contributed by atoms with Crippen LogP contribution < -0.4 is 10.0 Å². The second-order valence-electron chi connectivity index (χ2n) is 4.79. The number of rotatable bonds is 8. The van der Waals surface area contributed by atoms with Crippen molar-refractivity contribution in [1.29, 1.82) is 0 Å². The summed E-state index contributed by atoms with van der Waals surface area (Å²) in [5, 5.41) is 10.5. The lowest BCUT2D eigenvalue weighted by molar-refractivity contribution is -0.914. The van der Waals surface area contributed by atoms with Gasteiger partial charge in [0, 0.05) is 18.0 Å². The van der Waals surface area contributed by atoms with Crippen LogP contribution in [0.15, 0.2) is 24.3 Å². The van der Waals surface area contributed by atoms with Gasteiger partial charge >= 0.3 is 0 Å². The largest absolute Gasteiger partial charge is 0.550 e. The first-order valence-corrected chi connectivity index (χ1v) is 6.77. The van der Waals surface area contributed by atoms with E-state index >= 15 is 0 Å². The van der Waals surface area contributed by atoms with Crippen LogP contribution in [0.5, 0.6) is 0 Å². The van der Waals surface area contributed by atoms with Gasteiger partial charge in [0.25, 0.3) is 0 Å². The van der Waals surface area contributed by atoms with E-state index < -0.39 is 5.97 Å². The van der Waals surface area contributed by atoms with Gasteiger partial charge in [0.05, 0.1) is 13.1 Å². The molecule has 0 aliphatic carbocycles. The number of carboxylic acids is 1. The molecule has 1 aromatic rings. The number of aliphatic carboxylic acids is 1. The molecular formula is C15H23NO2. The first-order valence-electron chi connectivity index (χ1n) is 6.77. The van der Waals surface area contributed by atoms with Crippen LogP contribution in [0.3, 0.4) is 0 Å². The highest BCUT2D eigenvalue weighted by Gasteiger charge is 2.07. The monoisotopic (exact) mass is 249 g/mol. The number of carboxylic acid groups (broad SMARTS) is 1. The molecule has 0 saturated heterocycles. The van der Waals surface area contributed by atoms with Crippen molar-refractivity contribution in [1.82, 2.24) is 0 Å². The molecule has 1 N–H and O–H groups in total. The van der Waals surface area contributed by atoms with E-state index in [2.05, 4.69) is 13.8 Å². The lowest BCUT2D eigenvalue weighted by Crippen LogP contribution is -3.10. The van der Waals surface area contributed by atoms with Gasteiger partial charge in [-0.15, -0.1) is 0 Å². The molecule has 0 atom stereocenters. The van der Waals surface area contributed by atoms with E-state index in [0.717, 1.165) is 12.1 Å². The van der Waals surface area contributed by atoms with Crippen molar-refractivity contribution < 1.29 is 14.8 Å². The molecular weight excluding hydrogens is 226 g/mol. The van der Waals surface area contributed by atoms with Gasteiger partial charge in [-0.25, -0.2) is 0 Å². The van der Waals surface area contributed by atoms with E-state index in [1.54, 1.807) is 4.90 Å². The minimum atomic E-state index is -1.02. The summed E-state index contributed by atoms with van der Waals surface area (Å²) in [5.41, 5.74) is 2.08. The first kappa shape index (κ1) is 14.7. The highest BCUT2D eigenvalue weighted by Crippen LogP contribution is 2.04. The van der Waals surface area contributed by atoms with Crippen molar-refractivity contribution in [2.75, 3.05) is 13.1 Å². The standard InChI is InChI=1S/C15H23NO2/c1-3-9-16(10-4-2)12-14-7-5-13(6-8-14)11-15(17)18/h5-8H,3-4,9-12H2,1-2H3,(H,17,18). The van der Waals surface area contributed by atoms with Crippen molar-refractivity contribution in [2.24, 2.45) is 0 Å². The molecule has 0 aromatic heterocycles. The van der Waals surface area contributed by atoms with Gasteiger partial charge in [0.15, 0.2) is 0 Å². The lowest BCUT2D eigenvalue weighted by atomic mass is 10.1. The molecule has 0 amide bonds. The molecule has 18 heavy (non-hydrogen) atoms. The summed E-state index contributed by atoms with van der Waals surface area (Å²) >= 11 is 0. The minimum absolute atomic E-state index is 0.000765. The Labute approximate surface area is 109 Å². The fraction of sp³-hybridized carbons (Fsp3) is 0.533. The normalized spacial score (nSPS) is 10.8. The predicted molar refractivity (Wildman–Crippen MR) is 70.1 cm³/mol. The van der Waals surface area contributed by atoms with E-state index in [1.165, 1.54) is 31.5 Å². The third kappa shape index (κ3) is 5.32. The molecule has 0 aliphatic heterocycles. The number of quaternary nitrogens is 1. The third-order valence-corrected chi connectivity index (χ3v) is 3.03. The van der Waals surface area contributed by atoms with Gasteiger partial charge in [-0.1, -0.05) is 38.1 Å². The van der Waals surface area contributed by atoms with E-state index in [4.69, 9.17) is 0 Å². The van der Waals surface area contributed by atoms with E-state index in [1.807, 2.05) is 24.3 Å². The Balaban J connectivity index is 2.58. The maximum Gasteiger partial charge on any atom is 0.103 e. The second kappa shape index (κ2) is 7.88. The zero-order chi connectivity index (χ0) is 13.4. The highest BCUT2D eigenvalue weighted by molar-refractivity contribution is 5.67. The molecule has 0 fully saturated rings. The highest BCUT2D eigenvalue weighted by atomic mass is 16.4. The number of carbonyl (C=O) groups is 1. The predicted octanol–water partition coefficient (Wildman–Crippen LogP) is 0.184. The average Bonchev–Trinajstić information content (AvgIpc) is 2.31. The zero-order valence-corrected chi connectivity index (χ0v) is 11.4. The van der Waals surface area contributed by atoms with Gasteiger partial charge in [-0.05, 0) is 18.4 Å². The Hall–Kier alpha value is -1.35. The molecule has 3 heteroatoms. The Morgan fingerprint density at radius 2 is 1.56 bits per heavy atom. The zero-order valence-electron chi connectivity index (χ0n) is 11.4. The molecule has 3 nitrogen and oxygen atoms in total. The fourth-order valence-corrected chi connectivity index (χ4v) is 2.24. The SMILES string of the molecule is CCC[NH+](CCC)Cc1ccc(CC(=O)[O-])cc1. The summed E-state index contributed by atoms with van der Waals surface area (Å²) in [7, 11) is 0. The van der Waals surface area contributed by atoms with Crippen molar-refractivity contribution >= 4 is 5.97 Å². The van der Waals surface area contributed by atoms with Gasteiger partial charge in [-0.3, -0.25) is 0 Å². The fourth-order valence-electron chi connectivity index (χ4n) is 2.24. The van der Waals surface area contributed by atoms with Crippen LogP contribution in [0.1, 0.15) is 37.8 Å². The quantitative estimate of drug-likeness (QED) is 0.714. The summed E-state index contributed by atoms with van der Waals surface area (Å²) in [6, 6.07) is 7.84. The minimum Gasteiger partial charge on any atom is -0.550 e. The molecule has 0 unspecified atom stereocenters. The van der Waals surface area contributed by atoms with E-state index in [9.17, 15) is 9.90 Å². The summed E-state index contributed by atoms with van der Waals surface area (Å²) in [4.78, 5) is 12.1. The maximum absolute atomic E-state index is 10.5. The number of hydrogen-bond donors (Lipinski definition) is 1. The Morgan fingerprint density at radius 3 is 2.00 bits per heavy atom. The van der Waals surface area contributed by atoms with Gasteiger partial charge in [-0.2, -0.15) is 0 Å². The van der Waals surface area contributed by atoms with Gasteiger partial charge in [0.2, 0.25) is 0 Å². The first-order chi connectivity index (χ1) is 8.65. The Kier molecular flexibility index (Phi) is 6.44. The smallest absolute Gasteiger partial charge is 0.103 e. The summed E-state index contributed by atoms with van der Waals surface area (Å²) in [6.07, 6.45) is 2.39. The second-order valence-corrected chi connectivity index (χ2v) is 4.79. The van der Waals surface area contributed by atoms with Crippen LogP contribution >= 0.6 is 0 Å². The summed E-state index contributed by atoms with van der Waals surface area (Å²) in [6.45, 7) is 7.81. The Morgan fingerprint density at radius 1 is 1.06 bits per heavy atom. The van der Waals surface area contributed by atoms with Crippen LogP contribution in [0.25, 0.3) is 0 Å². The number of hydrogen-bond acceptors (Lipinski definition) is 2. The summed E-state index contributed by atoms with van der Waals surface area (Å²) < 4.78 is 0. The molecule has 0 bridgehead atoms. The molecule has 0 aliphatic rings. The van der Waals surface area contributed by atoms with Gasteiger partial charge < -0.3 is 14.8 Å². The molecule has 0 heterocycles. The molecule has 0 radical (unpaired) electrons. The van der Waals surface area contributed by atoms with Crippen molar-refractivity contribution in [3.63, 3.8) is 0 Å². The van der Waals surface area contributed by atoms with Crippen LogP contribution in [0.4, 0.5) is 0 Å². The number of benzene rings is 1. The van der Waals surface area contributed by atoms with Crippen LogP contribution in [-0.2, 0) is 17.8 Å². The average molecular weight is 249 g/mol. The summed E-state index contributed by atoms with van der Waals surface area (Å²) in [5.74, 6) is -1.02.